The van der Waals surface area contributed by atoms with Crippen molar-refractivity contribution in [3.05, 3.63) is 40.9 Å². The Morgan fingerprint density at radius 1 is 1.37 bits per heavy atom. The van der Waals surface area contributed by atoms with Gasteiger partial charge in [0.05, 0.1) is 6.10 Å². The normalized spacial score (nSPS) is 25.2. The van der Waals surface area contributed by atoms with Crippen LogP contribution in [0.3, 0.4) is 0 Å². The zero-order valence-electron chi connectivity index (χ0n) is 10.4. The molecule has 0 bridgehead atoms. The van der Waals surface area contributed by atoms with Crippen LogP contribution in [0.15, 0.2) is 40.9 Å². The number of hydrogen-bond donors (Lipinski definition) is 1. The lowest BCUT2D eigenvalue weighted by Crippen LogP contribution is -2.17. The highest BCUT2D eigenvalue weighted by Crippen LogP contribution is 2.39. The first kappa shape index (κ1) is 14.8. The Kier molecular flexibility index (Phi) is 4.81. The monoisotopic (exact) mass is 347 g/mol. The Morgan fingerprint density at radius 2 is 2.05 bits per heavy atom. The maximum atomic E-state index is 12.0. The standard InChI is InChI=1S/C12H15BrNO4P/c1-9-2-7-12(17-9)16-8-19(14,15)18-11-5-3-10(13)4-6-11/h2-7,9,12H,8H2,1H3,(H2,14,15)/t9-,12-,19?/m0/s1. The second-order valence-corrected chi connectivity index (χ2v) is 6.97. The Morgan fingerprint density at radius 3 is 2.63 bits per heavy atom. The van der Waals surface area contributed by atoms with E-state index in [1.807, 2.05) is 13.0 Å². The summed E-state index contributed by atoms with van der Waals surface area (Å²) in [5.74, 6) is 0.439. The molecule has 3 atom stereocenters. The van der Waals surface area contributed by atoms with E-state index in [4.69, 9.17) is 19.5 Å². The van der Waals surface area contributed by atoms with Gasteiger partial charge < -0.3 is 14.0 Å². The van der Waals surface area contributed by atoms with Gasteiger partial charge in [-0.3, -0.25) is 4.57 Å². The first-order valence-corrected chi connectivity index (χ1v) is 8.40. The second-order valence-electron chi connectivity index (χ2n) is 4.16. The van der Waals surface area contributed by atoms with Crippen LogP contribution in [0.5, 0.6) is 5.75 Å². The molecule has 5 nitrogen and oxygen atoms in total. The van der Waals surface area contributed by atoms with Gasteiger partial charge in [-0.1, -0.05) is 22.0 Å². The minimum absolute atomic E-state index is 0.00504. The maximum absolute atomic E-state index is 12.0. The van der Waals surface area contributed by atoms with Crippen molar-refractivity contribution in [2.45, 2.75) is 19.3 Å². The number of rotatable bonds is 5. The van der Waals surface area contributed by atoms with E-state index < -0.39 is 13.8 Å². The number of ether oxygens (including phenoxy) is 2. The van der Waals surface area contributed by atoms with Gasteiger partial charge in [0.25, 0.3) is 0 Å². The lowest BCUT2D eigenvalue weighted by molar-refractivity contribution is -0.101. The van der Waals surface area contributed by atoms with Crippen molar-refractivity contribution in [2.24, 2.45) is 5.50 Å². The van der Waals surface area contributed by atoms with Crippen molar-refractivity contribution in [3.8, 4) is 5.75 Å². The predicted octanol–water partition coefficient (Wildman–Crippen LogP) is 3.25. The zero-order chi connectivity index (χ0) is 13.9. The number of halogens is 1. The van der Waals surface area contributed by atoms with Gasteiger partial charge in [0.2, 0.25) is 0 Å². The number of hydrogen-bond acceptors (Lipinski definition) is 4. The van der Waals surface area contributed by atoms with Crippen molar-refractivity contribution in [2.75, 3.05) is 6.35 Å². The van der Waals surface area contributed by atoms with Crippen LogP contribution in [-0.4, -0.2) is 18.7 Å². The molecule has 7 heteroatoms. The summed E-state index contributed by atoms with van der Waals surface area (Å²) >= 11 is 3.30. The molecule has 0 saturated heterocycles. The fourth-order valence-electron chi connectivity index (χ4n) is 1.52. The molecule has 1 heterocycles. The van der Waals surface area contributed by atoms with Crippen molar-refractivity contribution in [1.29, 1.82) is 0 Å². The Bertz CT molecular complexity index is 505. The summed E-state index contributed by atoms with van der Waals surface area (Å²) in [7, 11) is -3.35. The highest BCUT2D eigenvalue weighted by atomic mass is 79.9. The Labute approximate surface area is 120 Å². The second kappa shape index (κ2) is 6.20. The molecule has 0 radical (unpaired) electrons. The molecule has 0 aliphatic carbocycles. The van der Waals surface area contributed by atoms with Crippen LogP contribution in [0.1, 0.15) is 6.92 Å². The van der Waals surface area contributed by atoms with Crippen molar-refractivity contribution in [1.82, 2.24) is 0 Å². The van der Waals surface area contributed by atoms with E-state index in [9.17, 15) is 4.57 Å². The molecular weight excluding hydrogens is 333 g/mol. The average Bonchev–Trinajstić information content (AvgIpc) is 2.76. The molecule has 0 amide bonds. The van der Waals surface area contributed by atoms with Gasteiger partial charge in [-0.2, -0.15) is 0 Å². The molecule has 0 spiro atoms. The molecule has 0 fully saturated rings. The van der Waals surface area contributed by atoms with Crippen LogP contribution in [-0.2, 0) is 14.0 Å². The maximum Gasteiger partial charge on any atom is 0.339 e. The van der Waals surface area contributed by atoms with Gasteiger partial charge in [0, 0.05) is 4.47 Å². The number of nitrogens with two attached hydrogens (primary N) is 1. The Hall–Kier alpha value is -0.650. The lowest BCUT2D eigenvalue weighted by Gasteiger charge is -2.17. The summed E-state index contributed by atoms with van der Waals surface area (Å²) in [6.45, 7) is 1.89. The molecule has 2 N–H and O–H groups in total. The largest absolute Gasteiger partial charge is 0.431 e. The fourth-order valence-corrected chi connectivity index (χ4v) is 2.67. The minimum Gasteiger partial charge on any atom is -0.431 e. The van der Waals surface area contributed by atoms with Crippen LogP contribution < -0.4 is 10.0 Å². The predicted molar refractivity (Wildman–Crippen MR) is 76.0 cm³/mol. The zero-order valence-corrected chi connectivity index (χ0v) is 12.8. The first-order chi connectivity index (χ1) is 8.94. The third-order valence-corrected chi connectivity index (χ3v) is 3.94. The molecule has 19 heavy (non-hydrogen) atoms. The lowest BCUT2D eigenvalue weighted by atomic mass is 10.3. The van der Waals surface area contributed by atoms with Crippen molar-refractivity contribution in [3.63, 3.8) is 0 Å². The van der Waals surface area contributed by atoms with Gasteiger partial charge >= 0.3 is 7.52 Å². The van der Waals surface area contributed by atoms with Crippen LogP contribution in [0.25, 0.3) is 0 Å². The molecule has 1 aliphatic heterocycles. The molecule has 0 saturated carbocycles. The third-order valence-electron chi connectivity index (χ3n) is 2.38. The fraction of sp³-hybridized carbons (Fsp3) is 0.333. The van der Waals surface area contributed by atoms with E-state index in [1.54, 1.807) is 30.3 Å². The number of benzene rings is 1. The van der Waals surface area contributed by atoms with E-state index in [0.29, 0.717) is 5.75 Å². The molecule has 1 unspecified atom stereocenters. The quantitative estimate of drug-likeness (QED) is 0.653. The van der Waals surface area contributed by atoms with Crippen LogP contribution in [0, 0.1) is 0 Å². The topological polar surface area (TPSA) is 70.8 Å². The molecule has 1 aromatic carbocycles. The summed E-state index contributed by atoms with van der Waals surface area (Å²) in [6, 6.07) is 6.91. The van der Waals surface area contributed by atoms with E-state index in [2.05, 4.69) is 15.9 Å². The van der Waals surface area contributed by atoms with Gasteiger partial charge in [-0.05, 0) is 37.3 Å². The van der Waals surface area contributed by atoms with E-state index in [-0.39, 0.29) is 12.5 Å². The SMILES string of the molecule is C[C@H]1C=C[C@@H](OCP(N)(=O)Oc2ccc(Br)cc2)O1. The third kappa shape index (κ3) is 4.75. The molecule has 0 aromatic heterocycles. The Balaban J connectivity index is 1.86. The molecule has 1 aliphatic rings. The summed E-state index contributed by atoms with van der Waals surface area (Å²) in [5.41, 5.74) is 5.62. The van der Waals surface area contributed by atoms with E-state index >= 15 is 0 Å². The van der Waals surface area contributed by atoms with Gasteiger partial charge in [0.1, 0.15) is 5.75 Å². The van der Waals surface area contributed by atoms with Crippen molar-refractivity contribution < 1.29 is 18.6 Å². The summed E-state index contributed by atoms with van der Waals surface area (Å²) in [4.78, 5) is 0. The van der Waals surface area contributed by atoms with E-state index in [1.165, 1.54) is 0 Å². The van der Waals surface area contributed by atoms with Crippen LogP contribution in [0.4, 0.5) is 0 Å². The average molecular weight is 348 g/mol. The summed E-state index contributed by atoms with van der Waals surface area (Å²) in [6.07, 6.45) is 2.89. The first-order valence-electron chi connectivity index (χ1n) is 5.73. The van der Waals surface area contributed by atoms with Crippen LogP contribution >= 0.6 is 23.4 Å². The van der Waals surface area contributed by atoms with Gasteiger partial charge in [0.15, 0.2) is 12.6 Å². The van der Waals surface area contributed by atoms with Crippen LogP contribution in [0.2, 0.25) is 0 Å². The molecular formula is C12H15BrNO4P. The summed E-state index contributed by atoms with van der Waals surface area (Å²) < 4.78 is 28.9. The smallest absolute Gasteiger partial charge is 0.339 e. The van der Waals surface area contributed by atoms with Crippen molar-refractivity contribution >= 4 is 23.4 Å². The highest BCUT2D eigenvalue weighted by molar-refractivity contribution is 9.10. The molecule has 2 rings (SSSR count). The highest BCUT2D eigenvalue weighted by Gasteiger charge is 2.23. The van der Waals surface area contributed by atoms with Gasteiger partial charge in [-0.15, -0.1) is 0 Å². The van der Waals surface area contributed by atoms with Gasteiger partial charge in [-0.25, -0.2) is 5.50 Å². The summed E-state index contributed by atoms with van der Waals surface area (Å²) in [5, 5.41) is 0. The minimum atomic E-state index is -3.35. The van der Waals surface area contributed by atoms with E-state index in [0.717, 1.165) is 4.47 Å². The molecule has 104 valence electrons. The molecule has 1 aromatic rings.